The van der Waals surface area contributed by atoms with Gasteiger partial charge in [0, 0.05) is 17.6 Å². The number of amidine groups is 1. The van der Waals surface area contributed by atoms with Crippen LogP contribution in [0, 0.1) is 0 Å². The summed E-state index contributed by atoms with van der Waals surface area (Å²) in [5.74, 6) is 1.00. The number of nitrogens with zero attached hydrogens (tertiary/aromatic N) is 2. The lowest BCUT2D eigenvalue weighted by Crippen LogP contribution is -2.08. The van der Waals surface area contributed by atoms with Crippen LogP contribution in [0.1, 0.15) is 5.69 Å². The Bertz CT molecular complexity index is 281. The molecule has 1 aliphatic heterocycles. The van der Waals surface area contributed by atoms with Crippen LogP contribution >= 0.6 is 23.1 Å². The Kier molecular flexibility index (Phi) is 2.32. The smallest absolute Gasteiger partial charge is 0.154 e. The monoisotopic (exact) mass is 199 g/mol. The van der Waals surface area contributed by atoms with Gasteiger partial charge in [-0.15, -0.1) is 11.3 Å². The molecule has 0 amide bonds. The maximum Gasteiger partial charge on any atom is 0.154 e. The molecule has 64 valence electrons. The number of hydrogen-bond donors (Lipinski definition) is 1. The summed E-state index contributed by atoms with van der Waals surface area (Å²) in [6.07, 6.45) is 0.928. The number of aromatic nitrogens is 1. The first-order valence-corrected chi connectivity index (χ1v) is 5.60. The quantitative estimate of drug-likeness (QED) is 0.776. The summed E-state index contributed by atoms with van der Waals surface area (Å²) in [6.45, 7) is 0. The first kappa shape index (κ1) is 8.07. The molecule has 3 nitrogen and oxygen atoms in total. The molecule has 1 atom stereocenters. The molecule has 1 aromatic heterocycles. The molecule has 0 aliphatic carbocycles. The molecule has 0 aromatic carbocycles. The third-order valence-electron chi connectivity index (χ3n) is 1.66. The Labute approximate surface area is 79.1 Å². The molecule has 1 aromatic rings. The van der Waals surface area contributed by atoms with Crippen LogP contribution < -0.4 is 5.73 Å². The topological polar surface area (TPSA) is 51.3 Å². The van der Waals surface area contributed by atoms with Crippen molar-refractivity contribution in [2.24, 2.45) is 10.7 Å². The maximum absolute atomic E-state index is 5.55. The molecule has 1 aliphatic rings. The van der Waals surface area contributed by atoms with Gasteiger partial charge in [0.15, 0.2) is 5.17 Å². The highest BCUT2D eigenvalue weighted by atomic mass is 32.2. The highest BCUT2D eigenvalue weighted by Gasteiger charge is 2.16. The highest BCUT2D eigenvalue weighted by Crippen LogP contribution is 2.18. The highest BCUT2D eigenvalue weighted by molar-refractivity contribution is 8.14. The van der Waals surface area contributed by atoms with Crippen LogP contribution in [0.2, 0.25) is 0 Å². The Morgan fingerprint density at radius 1 is 1.67 bits per heavy atom. The van der Waals surface area contributed by atoms with Crippen molar-refractivity contribution in [3.8, 4) is 0 Å². The van der Waals surface area contributed by atoms with E-state index in [9.17, 15) is 0 Å². The van der Waals surface area contributed by atoms with E-state index in [2.05, 4.69) is 15.4 Å². The van der Waals surface area contributed by atoms with Gasteiger partial charge in [0.1, 0.15) is 0 Å². The number of aliphatic imine (C=N–C) groups is 1. The van der Waals surface area contributed by atoms with Crippen LogP contribution in [-0.4, -0.2) is 21.9 Å². The van der Waals surface area contributed by atoms with Crippen LogP contribution in [0.25, 0.3) is 0 Å². The van der Waals surface area contributed by atoms with Gasteiger partial charge in [-0.1, -0.05) is 11.8 Å². The van der Waals surface area contributed by atoms with E-state index in [1.807, 2.05) is 5.51 Å². The summed E-state index contributed by atoms with van der Waals surface area (Å²) < 4.78 is 0. The minimum atomic E-state index is 0.345. The predicted octanol–water partition coefficient (Wildman–Crippen LogP) is 1.12. The lowest BCUT2D eigenvalue weighted by atomic mass is 10.2. The molecule has 0 saturated carbocycles. The molecule has 5 heteroatoms. The van der Waals surface area contributed by atoms with E-state index < -0.39 is 0 Å². The zero-order valence-corrected chi connectivity index (χ0v) is 8.07. The van der Waals surface area contributed by atoms with Gasteiger partial charge in [0.25, 0.3) is 0 Å². The van der Waals surface area contributed by atoms with Gasteiger partial charge in [-0.25, -0.2) is 4.98 Å². The second kappa shape index (κ2) is 3.45. The summed E-state index contributed by atoms with van der Waals surface area (Å²) in [7, 11) is 0. The van der Waals surface area contributed by atoms with Gasteiger partial charge in [-0.2, -0.15) is 0 Å². The van der Waals surface area contributed by atoms with Gasteiger partial charge in [-0.3, -0.25) is 4.99 Å². The first-order chi connectivity index (χ1) is 5.84. The van der Waals surface area contributed by atoms with Gasteiger partial charge in [0.05, 0.1) is 17.2 Å². The number of thioether (sulfide) groups is 1. The van der Waals surface area contributed by atoms with Crippen molar-refractivity contribution in [3.05, 3.63) is 16.6 Å². The van der Waals surface area contributed by atoms with E-state index in [0.29, 0.717) is 6.04 Å². The van der Waals surface area contributed by atoms with Crippen molar-refractivity contribution in [1.29, 1.82) is 0 Å². The lowest BCUT2D eigenvalue weighted by Gasteiger charge is -2.00. The fourth-order valence-electron chi connectivity index (χ4n) is 1.12. The summed E-state index contributed by atoms with van der Waals surface area (Å²) in [5.41, 5.74) is 8.53. The molecule has 12 heavy (non-hydrogen) atoms. The molecule has 0 radical (unpaired) electrons. The second-order valence-corrected chi connectivity index (χ2v) is 4.38. The number of hydrogen-bond acceptors (Lipinski definition) is 5. The van der Waals surface area contributed by atoms with Gasteiger partial charge >= 0.3 is 0 Å². The van der Waals surface area contributed by atoms with E-state index in [1.54, 1.807) is 23.1 Å². The summed E-state index contributed by atoms with van der Waals surface area (Å²) in [5, 5.41) is 2.78. The van der Waals surface area contributed by atoms with E-state index >= 15 is 0 Å². The third kappa shape index (κ3) is 1.78. The Morgan fingerprint density at radius 2 is 2.58 bits per heavy atom. The molecule has 0 fully saturated rings. The molecule has 2 N–H and O–H groups in total. The molecule has 1 unspecified atom stereocenters. The van der Waals surface area contributed by atoms with Crippen molar-refractivity contribution >= 4 is 28.3 Å². The van der Waals surface area contributed by atoms with Crippen LogP contribution in [0.5, 0.6) is 0 Å². The van der Waals surface area contributed by atoms with Gasteiger partial charge in [0.2, 0.25) is 0 Å². The average molecular weight is 199 g/mol. The fraction of sp³-hybridized carbons (Fsp3) is 0.429. The normalized spacial score (nSPS) is 22.7. The largest absolute Gasteiger partial charge is 0.379 e. The molecule has 0 saturated heterocycles. The summed E-state index contributed by atoms with van der Waals surface area (Å²) >= 11 is 3.26. The van der Waals surface area contributed by atoms with Crippen molar-refractivity contribution in [1.82, 2.24) is 4.98 Å². The SMILES string of the molecule is NC1=NC(Cc2cscn2)CS1. The van der Waals surface area contributed by atoms with Crippen LogP contribution in [0.3, 0.4) is 0 Å². The van der Waals surface area contributed by atoms with Gasteiger partial charge in [-0.05, 0) is 0 Å². The molecule has 0 bridgehead atoms. The summed E-state index contributed by atoms with van der Waals surface area (Å²) in [6, 6.07) is 0.345. The Hall–Kier alpha value is -0.550. The minimum absolute atomic E-state index is 0.345. The van der Waals surface area contributed by atoms with E-state index in [0.717, 1.165) is 23.0 Å². The molecule has 2 heterocycles. The van der Waals surface area contributed by atoms with E-state index in [1.165, 1.54) is 0 Å². The van der Waals surface area contributed by atoms with E-state index in [-0.39, 0.29) is 0 Å². The van der Waals surface area contributed by atoms with Crippen LogP contribution in [0.15, 0.2) is 15.9 Å². The first-order valence-electron chi connectivity index (χ1n) is 3.68. The third-order valence-corrected chi connectivity index (χ3v) is 3.25. The Morgan fingerprint density at radius 3 is 3.17 bits per heavy atom. The maximum atomic E-state index is 5.55. The predicted molar refractivity (Wildman–Crippen MR) is 53.7 cm³/mol. The number of rotatable bonds is 2. The summed E-state index contributed by atoms with van der Waals surface area (Å²) in [4.78, 5) is 8.49. The van der Waals surface area contributed by atoms with Crippen molar-refractivity contribution in [3.63, 3.8) is 0 Å². The van der Waals surface area contributed by atoms with Crippen molar-refractivity contribution in [2.45, 2.75) is 12.5 Å². The second-order valence-electron chi connectivity index (χ2n) is 2.62. The minimum Gasteiger partial charge on any atom is -0.379 e. The number of nitrogens with two attached hydrogens (primary N) is 1. The van der Waals surface area contributed by atoms with Crippen LogP contribution in [0.4, 0.5) is 0 Å². The lowest BCUT2D eigenvalue weighted by molar-refractivity contribution is 0.748. The van der Waals surface area contributed by atoms with Gasteiger partial charge < -0.3 is 5.73 Å². The Balaban J connectivity index is 1.97. The number of thiazole rings is 1. The zero-order valence-electron chi connectivity index (χ0n) is 6.43. The molecule has 2 rings (SSSR count). The average Bonchev–Trinajstić information content (AvgIpc) is 2.63. The molecular weight excluding hydrogens is 190 g/mol. The molecule has 0 spiro atoms. The zero-order chi connectivity index (χ0) is 8.39. The molecular formula is C7H9N3S2. The van der Waals surface area contributed by atoms with Crippen LogP contribution in [-0.2, 0) is 6.42 Å². The standard InChI is InChI=1S/C7H9N3S2/c8-7-10-6(3-12-7)1-5-2-11-4-9-5/h2,4,6H,1,3H2,(H2,8,10). The van der Waals surface area contributed by atoms with E-state index in [4.69, 9.17) is 5.73 Å². The van der Waals surface area contributed by atoms with Crippen molar-refractivity contribution in [2.75, 3.05) is 5.75 Å². The van der Waals surface area contributed by atoms with Crippen molar-refractivity contribution < 1.29 is 0 Å². The fourth-order valence-corrected chi connectivity index (χ4v) is 2.47.